The predicted octanol–water partition coefficient (Wildman–Crippen LogP) is 1.10. The number of carbonyl (C=O) groups excluding carboxylic acids is 1. The van der Waals surface area contributed by atoms with Crippen molar-refractivity contribution < 1.29 is 4.79 Å². The number of fused-ring (bicyclic) bond motifs is 1. The van der Waals surface area contributed by atoms with Gasteiger partial charge in [-0.1, -0.05) is 19.1 Å². The maximum atomic E-state index is 12.5. The lowest BCUT2D eigenvalue weighted by molar-refractivity contribution is -0.122. The van der Waals surface area contributed by atoms with E-state index in [1.807, 2.05) is 20.8 Å². The van der Waals surface area contributed by atoms with E-state index >= 15 is 0 Å². The van der Waals surface area contributed by atoms with Crippen LogP contribution in [-0.2, 0) is 17.9 Å². The Hall–Kier alpha value is -2.37. The average molecular weight is 303 g/mol. The van der Waals surface area contributed by atoms with E-state index in [1.165, 1.54) is 4.57 Å². The molecule has 1 heterocycles. The van der Waals surface area contributed by atoms with Crippen LogP contribution in [0.4, 0.5) is 0 Å². The quantitative estimate of drug-likeness (QED) is 0.899. The van der Waals surface area contributed by atoms with Crippen LogP contribution in [0.3, 0.4) is 0 Å². The Labute approximate surface area is 128 Å². The Morgan fingerprint density at radius 3 is 2.50 bits per heavy atom. The standard InChI is InChI=1S/C16H21N3O3/c1-4-11(3)17-14(20)10-19-15(21)12-8-6-7-9-13(12)18(5-2)16(19)22/h6-9,11H,4-5,10H2,1-3H3,(H,17,20). The highest BCUT2D eigenvalue weighted by Gasteiger charge is 2.15. The van der Waals surface area contributed by atoms with Crippen molar-refractivity contribution in [2.24, 2.45) is 0 Å². The Balaban J connectivity index is 2.53. The minimum Gasteiger partial charge on any atom is -0.352 e. The topological polar surface area (TPSA) is 73.1 Å². The number of carbonyl (C=O) groups is 1. The molecular formula is C16H21N3O3. The fraction of sp³-hybridized carbons (Fsp3) is 0.438. The minimum atomic E-state index is -0.453. The Morgan fingerprint density at radius 2 is 1.86 bits per heavy atom. The van der Waals surface area contributed by atoms with Crippen LogP contribution in [0.15, 0.2) is 33.9 Å². The molecule has 22 heavy (non-hydrogen) atoms. The average Bonchev–Trinajstić information content (AvgIpc) is 2.52. The van der Waals surface area contributed by atoms with E-state index in [0.29, 0.717) is 17.4 Å². The van der Waals surface area contributed by atoms with Gasteiger partial charge in [0.2, 0.25) is 5.91 Å². The summed E-state index contributed by atoms with van der Waals surface area (Å²) in [6.45, 7) is 5.85. The molecule has 2 aromatic rings. The molecule has 1 aromatic carbocycles. The zero-order valence-corrected chi connectivity index (χ0v) is 13.1. The number of para-hydroxylation sites is 1. The van der Waals surface area contributed by atoms with Gasteiger partial charge in [-0.15, -0.1) is 0 Å². The molecule has 0 fully saturated rings. The highest BCUT2D eigenvalue weighted by Crippen LogP contribution is 2.07. The van der Waals surface area contributed by atoms with Crippen LogP contribution >= 0.6 is 0 Å². The largest absolute Gasteiger partial charge is 0.352 e. The fourth-order valence-electron chi connectivity index (χ4n) is 2.38. The third-order valence-corrected chi connectivity index (χ3v) is 3.77. The van der Waals surface area contributed by atoms with Gasteiger partial charge in [0.1, 0.15) is 6.54 Å². The molecule has 118 valence electrons. The van der Waals surface area contributed by atoms with Crippen LogP contribution in [-0.4, -0.2) is 21.1 Å². The SMILES string of the molecule is CCC(C)NC(=O)Cn1c(=O)c2ccccc2n(CC)c1=O. The monoisotopic (exact) mass is 303 g/mol. The minimum absolute atomic E-state index is 0.0112. The second kappa shape index (κ2) is 6.60. The number of nitrogens with zero attached hydrogens (tertiary/aromatic N) is 2. The van der Waals surface area contributed by atoms with Crippen LogP contribution in [0, 0.1) is 0 Å². The second-order valence-electron chi connectivity index (χ2n) is 5.31. The van der Waals surface area contributed by atoms with Gasteiger partial charge in [-0.05, 0) is 32.4 Å². The molecule has 6 nitrogen and oxygen atoms in total. The summed E-state index contributed by atoms with van der Waals surface area (Å²) in [7, 11) is 0. The van der Waals surface area contributed by atoms with Gasteiger partial charge >= 0.3 is 5.69 Å². The van der Waals surface area contributed by atoms with E-state index in [-0.39, 0.29) is 18.5 Å². The van der Waals surface area contributed by atoms with Crippen LogP contribution in [0.25, 0.3) is 10.9 Å². The highest BCUT2D eigenvalue weighted by atomic mass is 16.2. The Kier molecular flexibility index (Phi) is 4.80. The number of aryl methyl sites for hydroxylation is 1. The van der Waals surface area contributed by atoms with E-state index < -0.39 is 11.2 Å². The molecule has 2 rings (SSSR count). The molecule has 1 N–H and O–H groups in total. The second-order valence-corrected chi connectivity index (χ2v) is 5.31. The van der Waals surface area contributed by atoms with Gasteiger partial charge in [-0.2, -0.15) is 0 Å². The molecular weight excluding hydrogens is 282 g/mol. The molecule has 1 unspecified atom stereocenters. The van der Waals surface area contributed by atoms with Gasteiger partial charge in [0.15, 0.2) is 0 Å². The smallest absolute Gasteiger partial charge is 0.331 e. The highest BCUT2D eigenvalue weighted by molar-refractivity contribution is 5.79. The summed E-state index contributed by atoms with van der Waals surface area (Å²) in [4.78, 5) is 37.0. The van der Waals surface area contributed by atoms with Crippen molar-refractivity contribution in [3.8, 4) is 0 Å². The van der Waals surface area contributed by atoms with Gasteiger partial charge in [-0.25, -0.2) is 4.79 Å². The fourth-order valence-corrected chi connectivity index (χ4v) is 2.38. The molecule has 0 saturated heterocycles. The van der Waals surface area contributed by atoms with Crippen molar-refractivity contribution in [3.05, 3.63) is 45.1 Å². The number of nitrogens with one attached hydrogen (secondary N) is 1. The normalized spacial score (nSPS) is 12.3. The van der Waals surface area contributed by atoms with Crippen molar-refractivity contribution >= 4 is 16.8 Å². The molecule has 0 bridgehead atoms. The molecule has 1 amide bonds. The van der Waals surface area contributed by atoms with Gasteiger partial charge in [-0.3, -0.25) is 18.7 Å². The van der Waals surface area contributed by atoms with Crippen molar-refractivity contribution in [2.45, 2.75) is 46.3 Å². The van der Waals surface area contributed by atoms with Gasteiger partial charge in [0.05, 0.1) is 10.9 Å². The van der Waals surface area contributed by atoms with Crippen molar-refractivity contribution in [1.29, 1.82) is 0 Å². The maximum absolute atomic E-state index is 12.5. The maximum Gasteiger partial charge on any atom is 0.331 e. The summed E-state index contributed by atoms with van der Waals surface area (Å²) < 4.78 is 2.51. The number of aromatic nitrogens is 2. The molecule has 0 radical (unpaired) electrons. The van der Waals surface area contributed by atoms with E-state index in [0.717, 1.165) is 11.0 Å². The summed E-state index contributed by atoms with van der Waals surface area (Å²) in [5, 5.41) is 3.22. The predicted molar refractivity (Wildman–Crippen MR) is 86.0 cm³/mol. The third kappa shape index (κ3) is 2.95. The number of amides is 1. The van der Waals surface area contributed by atoms with Crippen molar-refractivity contribution in [2.75, 3.05) is 0 Å². The first-order chi connectivity index (χ1) is 10.5. The summed E-state index contributed by atoms with van der Waals surface area (Å²) in [6, 6.07) is 6.96. The van der Waals surface area contributed by atoms with Crippen LogP contribution in [0.2, 0.25) is 0 Å². The van der Waals surface area contributed by atoms with E-state index in [4.69, 9.17) is 0 Å². The van der Waals surface area contributed by atoms with Gasteiger partial charge in [0.25, 0.3) is 5.56 Å². The molecule has 0 spiro atoms. The third-order valence-electron chi connectivity index (χ3n) is 3.77. The lowest BCUT2D eigenvalue weighted by atomic mass is 10.2. The zero-order valence-electron chi connectivity index (χ0n) is 13.1. The first kappa shape index (κ1) is 16.0. The van der Waals surface area contributed by atoms with Gasteiger partial charge < -0.3 is 5.32 Å². The molecule has 1 aromatic heterocycles. The van der Waals surface area contributed by atoms with Gasteiger partial charge in [0, 0.05) is 12.6 Å². The van der Waals surface area contributed by atoms with E-state index in [2.05, 4.69) is 5.32 Å². The van der Waals surface area contributed by atoms with E-state index in [1.54, 1.807) is 24.3 Å². The Morgan fingerprint density at radius 1 is 1.18 bits per heavy atom. The van der Waals surface area contributed by atoms with E-state index in [9.17, 15) is 14.4 Å². The molecule has 0 aliphatic rings. The number of hydrogen-bond acceptors (Lipinski definition) is 3. The van der Waals surface area contributed by atoms with Crippen LogP contribution < -0.4 is 16.6 Å². The summed E-state index contributed by atoms with van der Waals surface area (Å²) in [5.41, 5.74) is -0.284. The molecule has 1 atom stereocenters. The number of hydrogen-bond donors (Lipinski definition) is 1. The summed E-state index contributed by atoms with van der Waals surface area (Å²) in [6.07, 6.45) is 0.789. The zero-order chi connectivity index (χ0) is 16.3. The van der Waals surface area contributed by atoms with Crippen molar-refractivity contribution in [1.82, 2.24) is 14.5 Å². The van der Waals surface area contributed by atoms with Crippen LogP contribution in [0.1, 0.15) is 27.2 Å². The van der Waals surface area contributed by atoms with Crippen molar-refractivity contribution in [3.63, 3.8) is 0 Å². The lowest BCUT2D eigenvalue weighted by Crippen LogP contribution is -2.45. The first-order valence-corrected chi connectivity index (χ1v) is 7.51. The molecule has 0 aliphatic carbocycles. The molecule has 6 heteroatoms. The molecule has 0 aliphatic heterocycles. The Bertz CT molecular complexity index is 804. The number of rotatable bonds is 5. The lowest BCUT2D eigenvalue weighted by Gasteiger charge is -2.14. The summed E-state index contributed by atoms with van der Waals surface area (Å²) >= 11 is 0. The number of benzene rings is 1. The first-order valence-electron chi connectivity index (χ1n) is 7.51. The van der Waals surface area contributed by atoms with Crippen LogP contribution in [0.5, 0.6) is 0 Å². The summed E-state index contributed by atoms with van der Waals surface area (Å²) in [5.74, 6) is -0.327. The molecule has 0 saturated carbocycles.